The van der Waals surface area contributed by atoms with Crippen molar-refractivity contribution < 1.29 is 41.5 Å². The summed E-state index contributed by atoms with van der Waals surface area (Å²) in [7, 11) is -13.4. The molecule has 0 unspecified atom stereocenters. The molecule has 0 aliphatic carbocycles. The Kier molecular flexibility index (Phi) is 22.5. The predicted molar refractivity (Wildman–Crippen MR) is 240 cm³/mol. The molecule has 0 spiro atoms. The Labute approximate surface area is 336 Å². The second kappa shape index (κ2) is 22.2. The quantitative estimate of drug-likeness (QED) is 0.116. The molecule has 0 radical (unpaired) electrons. The molecular weight excluding hydrogens is 806 g/mol. The van der Waals surface area contributed by atoms with Crippen molar-refractivity contribution in [2.45, 2.75) is 108 Å². The fraction of sp³-hybridized carbons (Fsp3) is 0.641. The molecule has 0 fully saturated rings. The van der Waals surface area contributed by atoms with Crippen molar-refractivity contribution in [2.75, 3.05) is 53.3 Å². The minimum Gasteiger partial charge on any atom is -0.413 e. The third-order valence-corrected chi connectivity index (χ3v) is 31.4. The third kappa shape index (κ3) is 21.9. The lowest BCUT2D eigenvalue weighted by atomic mass is 10.1. The SMILES string of the molecule is CC(C)(C)[Si](C)(C)OCc1ccc(C(=O)CC(P(C)(C)=O)P(C)(C)=O)cc1.CC(C)(C)[Si](C)(C)OCc1ccccc1.CP(C)(=O)C(N)P(C)(C)=O.O=C=O. The summed E-state index contributed by atoms with van der Waals surface area (Å²) < 4.78 is 59.9. The van der Waals surface area contributed by atoms with Crippen LogP contribution in [0.15, 0.2) is 54.6 Å². The summed E-state index contributed by atoms with van der Waals surface area (Å²) in [6, 6.07) is 17.8. The molecule has 0 aromatic heterocycles. The predicted octanol–water partition coefficient (Wildman–Crippen LogP) is 11.5. The van der Waals surface area contributed by atoms with Gasteiger partial charge in [0.2, 0.25) is 0 Å². The van der Waals surface area contributed by atoms with Gasteiger partial charge < -0.3 is 32.8 Å². The number of Topliss-reactive ketones (excluding diaryl/α,β-unsaturated/α-hetero) is 1. The molecule has 0 atom stereocenters. The van der Waals surface area contributed by atoms with E-state index in [1.807, 2.05) is 18.2 Å². The maximum Gasteiger partial charge on any atom is 0.373 e. The zero-order valence-electron chi connectivity index (χ0n) is 37.0. The molecule has 0 amide bonds. The van der Waals surface area contributed by atoms with Crippen LogP contribution < -0.4 is 5.73 Å². The van der Waals surface area contributed by atoms with Crippen molar-refractivity contribution in [3.8, 4) is 0 Å². The maximum absolute atomic E-state index is 12.6. The Hall–Kier alpha value is -1.28. The first-order chi connectivity index (χ1) is 24.3. The van der Waals surface area contributed by atoms with Gasteiger partial charge in [0.15, 0.2) is 22.4 Å². The van der Waals surface area contributed by atoms with Crippen LogP contribution in [0.2, 0.25) is 36.3 Å². The van der Waals surface area contributed by atoms with E-state index in [1.165, 1.54) is 5.56 Å². The van der Waals surface area contributed by atoms with Crippen molar-refractivity contribution in [1.82, 2.24) is 0 Å². The van der Waals surface area contributed by atoms with Crippen LogP contribution in [0.4, 0.5) is 0 Å². The Morgan fingerprint density at radius 3 is 1.18 bits per heavy atom. The second-order valence-corrected chi connectivity index (χ2v) is 42.9. The summed E-state index contributed by atoms with van der Waals surface area (Å²) in [6.07, 6.45) is 0.314. The zero-order chi connectivity index (χ0) is 44.1. The molecule has 10 nitrogen and oxygen atoms in total. The van der Waals surface area contributed by atoms with Crippen molar-refractivity contribution in [3.63, 3.8) is 0 Å². The number of hydrogen-bond acceptors (Lipinski definition) is 10. The first kappa shape index (κ1) is 55.8. The van der Waals surface area contributed by atoms with Gasteiger partial charge in [-0.3, -0.25) is 4.79 Å². The first-order valence-corrected chi connectivity index (χ1v) is 34.7. The van der Waals surface area contributed by atoms with E-state index >= 15 is 0 Å². The normalized spacial score (nSPS) is 13.0. The topological polar surface area (TPSA) is 164 Å². The highest BCUT2D eigenvalue weighted by atomic mass is 31.2. The van der Waals surface area contributed by atoms with E-state index in [9.17, 15) is 23.1 Å². The standard InChI is InChI=1S/C20H36O4P2Si.C13H22OSi.C5H15NO2P2.CO2/c1-20(2,3)27(8,9)24-15-16-10-12-17(13-11-16)18(21)14-19(25(4,5)22)26(6,7)23;1-13(2,3)15(4,5)14-11-12-9-7-6-8-10-12;1-9(2,7)5(6)10(3,4)8;2-1-3/h10-13,19H,14-15H2,1-9H3;6-10H,11H2,1-5H3;5H,6H2,1-4H3;. The highest BCUT2D eigenvalue weighted by Crippen LogP contribution is 2.62. The summed E-state index contributed by atoms with van der Waals surface area (Å²) >= 11 is 0. The van der Waals surface area contributed by atoms with Crippen LogP contribution in [-0.2, 0) is 49.9 Å². The minimum atomic E-state index is -2.63. The molecule has 0 saturated heterocycles. The maximum atomic E-state index is 12.6. The van der Waals surface area contributed by atoms with Crippen LogP contribution in [0.5, 0.6) is 0 Å². The van der Waals surface area contributed by atoms with Crippen molar-refractivity contribution >= 4 is 57.1 Å². The molecule has 2 aromatic carbocycles. The van der Waals surface area contributed by atoms with Gasteiger partial charge >= 0.3 is 6.15 Å². The number of carbonyl (C=O) groups excluding carboxylic acids is 3. The van der Waals surface area contributed by atoms with Gasteiger partial charge in [0.25, 0.3) is 0 Å². The van der Waals surface area contributed by atoms with Gasteiger partial charge in [-0.2, -0.15) is 9.59 Å². The van der Waals surface area contributed by atoms with Crippen LogP contribution in [0.3, 0.4) is 0 Å². The van der Waals surface area contributed by atoms with E-state index < -0.39 is 56.1 Å². The Morgan fingerprint density at radius 2 is 0.927 bits per heavy atom. The molecule has 55 heavy (non-hydrogen) atoms. The van der Waals surface area contributed by atoms with Crippen LogP contribution >= 0.6 is 28.6 Å². The molecule has 316 valence electrons. The van der Waals surface area contributed by atoms with Gasteiger partial charge in [-0.15, -0.1) is 0 Å². The molecule has 2 aromatic rings. The lowest BCUT2D eigenvalue weighted by Gasteiger charge is -2.36. The van der Waals surface area contributed by atoms with Crippen molar-refractivity contribution in [2.24, 2.45) is 5.73 Å². The number of rotatable bonds is 13. The Balaban J connectivity index is 0. The van der Waals surface area contributed by atoms with Crippen LogP contribution in [0.1, 0.15) is 69.4 Å². The van der Waals surface area contributed by atoms with Crippen LogP contribution in [0.25, 0.3) is 0 Å². The third-order valence-electron chi connectivity index (χ3n) is 10.0. The van der Waals surface area contributed by atoms with Gasteiger partial charge in [-0.1, -0.05) is 96.1 Å². The monoisotopic (exact) mass is 879 g/mol. The molecule has 0 aliphatic heterocycles. The lowest BCUT2D eigenvalue weighted by Crippen LogP contribution is -2.40. The highest BCUT2D eigenvalue weighted by molar-refractivity contribution is 7.81. The summed E-state index contributed by atoms with van der Waals surface area (Å²) in [6.45, 7) is 36.4. The number of carbonyl (C=O) groups is 1. The van der Waals surface area contributed by atoms with Crippen LogP contribution in [-0.4, -0.2) is 92.8 Å². The average Bonchev–Trinajstić information content (AvgIpc) is 3.00. The van der Waals surface area contributed by atoms with Gasteiger partial charge in [0.1, 0.15) is 19.8 Å². The van der Waals surface area contributed by atoms with Crippen molar-refractivity contribution in [1.29, 1.82) is 0 Å². The van der Waals surface area contributed by atoms with E-state index in [2.05, 4.69) is 92.0 Å². The van der Waals surface area contributed by atoms with E-state index in [4.69, 9.17) is 24.2 Å². The zero-order valence-corrected chi connectivity index (χ0v) is 42.6. The summed E-state index contributed by atoms with van der Waals surface area (Å²) in [5, 5.41) is -0.110. The Morgan fingerprint density at radius 1 is 0.618 bits per heavy atom. The number of benzene rings is 2. The lowest BCUT2D eigenvalue weighted by molar-refractivity contribution is -0.191. The van der Waals surface area contributed by atoms with Crippen LogP contribution in [0, 0.1) is 0 Å². The van der Waals surface area contributed by atoms with Crippen molar-refractivity contribution in [3.05, 3.63) is 71.3 Å². The van der Waals surface area contributed by atoms with E-state index in [1.54, 1.807) is 65.5 Å². The molecule has 0 bridgehead atoms. The fourth-order valence-electron chi connectivity index (χ4n) is 4.38. The molecule has 16 heteroatoms. The second-order valence-electron chi connectivity index (χ2n) is 18.6. The highest BCUT2D eigenvalue weighted by Gasteiger charge is 2.38. The molecule has 0 saturated carbocycles. The van der Waals surface area contributed by atoms with Gasteiger partial charge in [0.05, 0.1) is 32.9 Å². The Bertz CT molecular complexity index is 1660. The van der Waals surface area contributed by atoms with E-state index in [0.717, 1.165) is 12.2 Å². The molecule has 0 aliphatic rings. The average molecular weight is 880 g/mol. The summed E-state index contributed by atoms with van der Waals surface area (Å²) in [5.74, 6) is -0.107. The van der Waals surface area contributed by atoms with Gasteiger partial charge in [0, 0.05) is 12.0 Å². The largest absolute Gasteiger partial charge is 0.413 e. The summed E-state index contributed by atoms with van der Waals surface area (Å²) in [5.41, 5.74) is 7.74. The molecular formula is C39H73NO9P4Si2. The van der Waals surface area contributed by atoms with E-state index in [0.29, 0.717) is 17.2 Å². The number of hydrogen-bond donors (Lipinski definition) is 1. The fourth-order valence-corrected chi connectivity index (χ4v) is 18.2. The number of ketones is 1. The number of nitrogens with two attached hydrogens (primary N) is 1. The van der Waals surface area contributed by atoms with Gasteiger partial charge in [-0.05, 0) is 101 Å². The minimum absolute atomic E-state index is 0.0639. The molecule has 2 N–H and O–H groups in total. The summed E-state index contributed by atoms with van der Waals surface area (Å²) in [4.78, 5) is 28.9. The first-order valence-electron chi connectivity index (χ1n) is 18.2. The smallest absolute Gasteiger partial charge is 0.373 e. The molecule has 2 rings (SSSR count). The van der Waals surface area contributed by atoms with Gasteiger partial charge in [-0.25, -0.2) is 0 Å². The molecule has 0 heterocycles. The van der Waals surface area contributed by atoms with E-state index in [-0.39, 0.29) is 23.4 Å².